The third-order valence-electron chi connectivity index (χ3n) is 6.10. The Kier molecular flexibility index (Phi) is 4.73. The number of benzene rings is 1. The van der Waals surface area contributed by atoms with Crippen molar-refractivity contribution >= 4 is 22.6 Å². The second kappa shape index (κ2) is 7.11. The highest BCUT2D eigenvalue weighted by atomic mass is 16.2. The zero-order chi connectivity index (χ0) is 20.9. The maximum Gasteiger partial charge on any atom is 0.350 e. The Morgan fingerprint density at radius 3 is 2.66 bits per heavy atom. The molecule has 2 unspecified atom stereocenters. The van der Waals surface area contributed by atoms with Gasteiger partial charge in [0.1, 0.15) is 0 Å². The number of carbonyl (C=O) groups excluding carboxylic acids is 1. The van der Waals surface area contributed by atoms with Gasteiger partial charge in [0.2, 0.25) is 0 Å². The first-order chi connectivity index (χ1) is 13.8. The highest BCUT2D eigenvalue weighted by Crippen LogP contribution is 2.38. The third-order valence-corrected chi connectivity index (χ3v) is 6.10. The Labute approximate surface area is 167 Å². The van der Waals surface area contributed by atoms with Gasteiger partial charge in [-0.15, -0.1) is 0 Å². The van der Waals surface area contributed by atoms with Crippen molar-refractivity contribution in [2.24, 2.45) is 17.4 Å². The molecular weight excluding hydrogens is 374 g/mol. The summed E-state index contributed by atoms with van der Waals surface area (Å²) in [6.07, 6.45) is 2.70. The highest BCUT2D eigenvalue weighted by molar-refractivity contribution is 5.87. The monoisotopic (exact) mass is 401 g/mol. The van der Waals surface area contributed by atoms with Crippen LogP contribution in [0.2, 0.25) is 0 Å². The van der Waals surface area contributed by atoms with Crippen molar-refractivity contribution in [2.45, 2.75) is 38.3 Å². The average Bonchev–Trinajstić information content (AvgIpc) is 3.40. The fourth-order valence-corrected chi connectivity index (χ4v) is 4.36. The SMILES string of the molecule is Cc1c(N2CCC(C(N)CNC(N)=O)C2)ccc2c(=O)n(N)c(=O)n(C3CC3)c12. The minimum Gasteiger partial charge on any atom is -0.371 e. The molecule has 2 heterocycles. The number of amides is 2. The van der Waals surface area contributed by atoms with Gasteiger partial charge in [-0.1, -0.05) is 0 Å². The van der Waals surface area contributed by atoms with E-state index in [1.807, 2.05) is 13.0 Å². The lowest BCUT2D eigenvalue weighted by Gasteiger charge is -2.25. The topological polar surface area (TPSA) is 154 Å². The van der Waals surface area contributed by atoms with Gasteiger partial charge in [0.25, 0.3) is 5.56 Å². The molecule has 1 aliphatic heterocycles. The first-order valence-electron chi connectivity index (χ1n) is 9.89. The fraction of sp³-hybridized carbons (Fsp3) is 0.526. The van der Waals surface area contributed by atoms with Crippen molar-refractivity contribution in [1.82, 2.24) is 14.6 Å². The number of anilines is 1. The quantitative estimate of drug-likeness (QED) is 0.488. The number of fused-ring (bicyclic) bond motifs is 1. The molecule has 10 heteroatoms. The van der Waals surface area contributed by atoms with Crippen LogP contribution in [-0.4, -0.2) is 41.0 Å². The molecule has 29 heavy (non-hydrogen) atoms. The second-order valence-electron chi connectivity index (χ2n) is 8.07. The highest BCUT2D eigenvalue weighted by Gasteiger charge is 2.32. The van der Waals surface area contributed by atoms with Crippen LogP contribution in [0.3, 0.4) is 0 Å². The van der Waals surface area contributed by atoms with Crippen molar-refractivity contribution in [3.63, 3.8) is 0 Å². The van der Waals surface area contributed by atoms with E-state index in [-0.39, 0.29) is 18.0 Å². The summed E-state index contributed by atoms with van der Waals surface area (Å²) >= 11 is 0. The Bertz CT molecular complexity index is 1090. The summed E-state index contributed by atoms with van der Waals surface area (Å²) in [4.78, 5) is 38.4. The summed E-state index contributed by atoms with van der Waals surface area (Å²) < 4.78 is 2.38. The van der Waals surface area contributed by atoms with Crippen LogP contribution in [0.5, 0.6) is 0 Å². The van der Waals surface area contributed by atoms with E-state index in [1.54, 1.807) is 10.6 Å². The minimum atomic E-state index is -0.579. The second-order valence-corrected chi connectivity index (χ2v) is 8.07. The summed E-state index contributed by atoms with van der Waals surface area (Å²) in [5, 5.41) is 3.02. The van der Waals surface area contributed by atoms with E-state index in [9.17, 15) is 14.4 Å². The summed E-state index contributed by atoms with van der Waals surface area (Å²) in [5.41, 5.74) is 13.0. The number of hydrogen-bond acceptors (Lipinski definition) is 6. The maximum absolute atomic E-state index is 12.7. The molecule has 1 aromatic heterocycles. The number of hydrogen-bond donors (Lipinski definition) is 4. The van der Waals surface area contributed by atoms with Gasteiger partial charge in [0, 0.05) is 37.4 Å². The maximum atomic E-state index is 12.7. The fourth-order valence-electron chi connectivity index (χ4n) is 4.36. The average molecular weight is 401 g/mol. The molecular formula is C19H27N7O3. The van der Waals surface area contributed by atoms with E-state index in [0.29, 0.717) is 22.1 Å². The first-order valence-corrected chi connectivity index (χ1v) is 9.89. The lowest BCUT2D eigenvalue weighted by Crippen LogP contribution is -2.45. The number of carbonyl (C=O) groups is 1. The van der Waals surface area contributed by atoms with E-state index in [2.05, 4.69) is 10.2 Å². The normalized spacial score (nSPS) is 20.2. The van der Waals surface area contributed by atoms with Gasteiger partial charge in [0.15, 0.2) is 0 Å². The summed E-state index contributed by atoms with van der Waals surface area (Å²) in [5.74, 6) is 5.94. The molecule has 0 bridgehead atoms. The van der Waals surface area contributed by atoms with Crippen LogP contribution in [0.1, 0.15) is 30.9 Å². The lowest BCUT2D eigenvalue weighted by molar-refractivity contribution is 0.247. The molecule has 0 spiro atoms. The molecule has 0 radical (unpaired) electrons. The summed E-state index contributed by atoms with van der Waals surface area (Å²) in [7, 11) is 0. The molecule has 1 saturated heterocycles. The smallest absolute Gasteiger partial charge is 0.350 e. The number of urea groups is 1. The van der Waals surface area contributed by atoms with Crippen LogP contribution in [-0.2, 0) is 0 Å². The predicted octanol–water partition coefficient (Wildman–Crippen LogP) is -0.658. The number of nitrogen functional groups attached to an aromatic ring is 1. The molecule has 1 saturated carbocycles. The molecule has 7 N–H and O–H groups in total. The lowest BCUT2D eigenvalue weighted by atomic mass is 10.00. The van der Waals surface area contributed by atoms with E-state index >= 15 is 0 Å². The molecule has 2 atom stereocenters. The van der Waals surface area contributed by atoms with Crippen molar-refractivity contribution in [3.8, 4) is 0 Å². The molecule has 4 rings (SSSR count). The molecule has 2 fully saturated rings. The van der Waals surface area contributed by atoms with Gasteiger partial charge in [0.05, 0.1) is 10.9 Å². The van der Waals surface area contributed by atoms with E-state index < -0.39 is 17.3 Å². The van der Waals surface area contributed by atoms with Crippen LogP contribution in [0.15, 0.2) is 21.7 Å². The Balaban J connectivity index is 1.69. The summed E-state index contributed by atoms with van der Waals surface area (Å²) in [6.45, 7) is 3.82. The minimum absolute atomic E-state index is 0.0916. The van der Waals surface area contributed by atoms with Crippen molar-refractivity contribution in [1.29, 1.82) is 0 Å². The number of rotatable bonds is 5. The molecule has 2 amide bonds. The Morgan fingerprint density at radius 2 is 2.00 bits per heavy atom. The third kappa shape index (κ3) is 3.33. The van der Waals surface area contributed by atoms with Gasteiger partial charge in [-0.25, -0.2) is 9.59 Å². The standard InChI is InChI=1S/C19H27N7O3/c1-10-15(24-7-6-11(9-24)14(20)8-23-18(21)28)5-4-13-16(10)25(12-2-3-12)19(29)26(22)17(13)27/h4-5,11-12,14H,2-3,6-9,20,22H2,1H3,(H3,21,23,28). The molecule has 1 aliphatic carbocycles. The van der Waals surface area contributed by atoms with Crippen LogP contribution in [0, 0.1) is 12.8 Å². The summed E-state index contributed by atoms with van der Waals surface area (Å²) in [6, 6.07) is 2.99. The molecule has 156 valence electrons. The number of primary amides is 1. The van der Waals surface area contributed by atoms with Gasteiger partial charge < -0.3 is 27.5 Å². The zero-order valence-electron chi connectivity index (χ0n) is 16.4. The Morgan fingerprint density at radius 1 is 1.28 bits per heavy atom. The molecule has 1 aromatic carbocycles. The van der Waals surface area contributed by atoms with E-state index in [1.165, 1.54) is 0 Å². The predicted molar refractivity (Wildman–Crippen MR) is 112 cm³/mol. The van der Waals surface area contributed by atoms with Gasteiger partial charge in [-0.2, -0.15) is 4.68 Å². The zero-order valence-corrected chi connectivity index (χ0v) is 16.4. The van der Waals surface area contributed by atoms with Crippen molar-refractivity contribution in [2.75, 3.05) is 30.4 Å². The molecule has 2 aromatic rings. The number of aryl methyl sites for hydroxylation is 1. The number of nitrogens with zero attached hydrogens (tertiary/aromatic N) is 3. The van der Waals surface area contributed by atoms with Crippen LogP contribution in [0.4, 0.5) is 10.5 Å². The van der Waals surface area contributed by atoms with Crippen LogP contribution >= 0.6 is 0 Å². The van der Waals surface area contributed by atoms with E-state index in [4.69, 9.17) is 17.3 Å². The van der Waals surface area contributed by atoms with Crippen LogP contribution < -0.4 is 38.8 Å². The largest absolute Gasteiger partial charge is 0.371 e. The number of nitrogens with one attached hydrogen (secondary N) is 1. The number of nitrogens with two attached hydrogens (primary N) is 3. The molecule has 10 nitrogen and oxygen atoms in total. The number of aromatic nitrogens is 2. The van der Waals surface area contributed by atoms with Gasteiger partial charge in [-0.05, 0) is 49.8 Å². The molecule has 2 aliphatic rings. The van der Waals surface area contributed by atoms with E-state index in [0.717, 1.165) is 43.6 Å². The van der Waals surface area contributed by atoms with Gasteiger partial charge in [-0.3, -0.25) is 9.36 Å². The van der Waals surface area contributed by atoms with Gasteiger partial charge >= 0.3 is 11.7 Å². The van der Waals surface area contributed by atoms with Crippen molar-refractivity contribution < 1.29 is 4.79 Å². The first kappa shape index (κ1) is 19.3. The van der Waals surface area contributed by atoms with Crippen LogP contribution in [0.25, 0.3) is 10.9 Å². The Hall–Kier alpha value is -3.01. The van der Waals surface area contributed by atoms with Crippen molar-refractivity contribution in [3.05, 3.63) is 38.5 Å².